The van der Waals surface area contributed by atoms with E-state index >= 15 is 0 Å². The highest BCUT2D eigenvalue weighted by atomic mass is 14.8. The minimum atomic E-state index is 0.793. The Morgan fingerprint density at radius 1 is 0.250 bits per heavy atom. The Kier molecular flexibility index (Phi) is 9.43. The van der Waals surface area contributed by atoms with E-state index in [1.165, 1.54) is 5.56 Å². The van der Waals surface area contributed by atoms with Crippen LogP contribution in [0, 0.1) is 0 Å². The fourth-order valence-electron chi connectivity index (χ4n) is 9.95. The molecule has 316 valence electrons. The van der Waals surface area contributed by atoms with Crippen LogP contribution < -0.4 is 0 Å². The molecule has 13 rings (SSSR count). The van der Waals surface area contributed by atoms with Gasteiger partial charge < -0.3 is 0 Å². The largest absolute Gasteiger partial charge is 0.256 e. The summed E-state index contributed by atoms with van der Waals surface area (Å²) < 4.78 is 0. The molecule has 0 aliphatic rings. The molecule has 0 N–H and O–H groups in total. The van der Waals surface area contributed by atoms with Gasteiger partial charge in [0, 0.05) is 56.4 Å². The third kappa shape index (κ3) is 6.76. The quantitative estimate of drug-likeness (QED) is 0.118. The van der Waals surface area contributed by atoms with Gasteiger partial charge in [-0.2, -0.15) is 0 Å². The SMILES string of the molecule is c1ccc(-c2ccc(-c3cc(-c4c5ccccc5c(-c5ccc6ccc7c(-c8ccccc8)c8ccccc8nc7c6n5)c5ccccc45)cc(-c4ccc(-c5ccccn5)cc4)n3)nc2)cc1. The van der Waals surface area contributed by atoms with Gasteiger partial charge in [-0.25, -0.2) is 15.0 Å². The highest BCUT2D eigenvalue weighted by molar-refractivity contribution is 6.22. The van der Waals surface area contributed by atoms with Crippen molar-refractivity contribution in [3.63, 3.8) is 0 Å². The van der Waals surface area contributed by atoms with E-state index in [2.05, 4.69) is 205 Å². The first-order valence-electron chi connectivity index (χ1n) is 22.9. The molecule has 0 saturated heterocycles. The van der Waals surface area contributed by atoms with E-state index in [0.717, 1.165) is 127 Å². The van der Waals surface area contributed by atoms with Gasteiger partial charge in [0.05, 0.1) is 45.0 Å². The third-order valence-corrected chi connectivity index (χ3v) is 13.1. The van der Waals surface area contributed by atoms with Crippen molar-refractivity contribution in [2.24, 2.45) is 0 Å². The van der Waals surface area contributed by atoms with Crippen molar-refractivity contribution in [1.82, 2.24) is 24.9 Å². The fraction of sp³-hybridized carbons (Fsp3) is 0. The topological polar surface area (TPSA) is 64.5 Å². The summed E-state index contributed by atoms with van der Waals surface area (Å²) in [6, 6.07) is 78.8. The predicted molar refractivity (Wildman–Crippen MR) is 281 cm³/mol. The molecule has 5 aromatic heterocycles. The summed E-state index contributed by atoms with van der Waals surface area (Å²) in [5.41, 5.74) is 16.8. The van der Waals surface area contributed by atoms with Crippen molar-refractivity contribution in [2.75, 3.05) is 0 Å². The minimum absolute atomic E-state index is 0.793. The molecule has 0 bridgehead atoms. The Balaban J connectivity index is 1.02. The first-order valence-corrected chi connectivity index (χ1v) is 22.9. The van der Waals surface area contributed by atoms with Crippen LogP contribution in [0.4, 0.5) is 0 Å². The maximum atomic E-state index is 5.60. The van der Waals surface area contributed by atoms with Crippen molar-refractivity contribution >= 4 is 54.3 Å². The number of hydrogen-bond acceptors (Lipinski definition) is 5. The van der Waals surface area contributed by atoms with Crippen molar-refractivity contribution < 1.29 is 0 Å². The van der Waals surface area contributed by atoms with E-state index in [-0.39, 0.29) is 0 Å². The van der Waals surface area contributed by atoms with Crippen LogP contribution in [0.2, 0.25) is 0 Å². The number of nitrogens with zero attached hydrogens (tertiary/aromatic N) is 5. The van der Waals surface area contributed by atoms with Crippen LogP contribution in [0.3, 0.4) is 0 Å². The molecule has 8 aromatic carbocycles. The lowest BCUT2D eigenvalue weighted by molar-refractivity contribution is 1.25. The molecule has 0 aliphatic carbocycles. The predicted octanol–water partition coefficient (Wildman–Crippen LogP) is 16.1. The molecule has 0 spiro atoms. The van der Waals surface area contributed by atoms with Crippen LogP contribution in [0.25, 0.3) is 133 Å². The summed E-state index contributed by atoms with van der Waals surface area (Å²) in [6.45, 7) is 0. The van der Waals surface area contributed by atoms with E-state index in [4.69, 9.17) is 19.9 Å². The highest BCUT2D eigenvalue weighted by Gasteiger charge is 2.21. The van der Waals surface area contributed by atoms with E-state index in [9.17, 15) is 0 Å². The molecule has 5 heterocycles. The van der Waals surface area contributed by atoms with Gasteiger partial charge >= 0.3 is 0 Å². The van der Waals surface area contributed by atoms with E-state index in [1.807, 2.05) is 36.7 Å². The van der Waals surface area contributed by atoms with E-state index in [1.54, 1.807) is 0 Å². The Hall–Kier alpha value is -9.19. The first-order chi connectivity index (χ1) is 33.7. The van der Waals surface area contributed by atoms with Crippen LogP contribution in [0.15, 0.2) is 237 Å². The highest BCUT2D eigenvalue weighted by Crippen LogP contribution is 2.45. The minimum Gasteiger partial charge on any atom is -0.256 e. The Labute approximate surface area is 392 Å². The number of benzene rings is 8. The van der Waals surface area contributed by atoms with Gasteiger partial charge in [-0.05, 0) is 86.3 Å². The maximum absolute atomic E-state index is 5.60. The number of para-hydroxylation sites is 1. The second kappa shape index (κ2) is 16.4. The summed E-state index contributed by atoms with van der Waals surface area (Å²) in [5.74, 6) is 0. The molecule has 0 radical (unpaired) electrons. The monoisotopic (exact) mass is 865 g/mol. The molecule has 0 saturated carbocycles. The second-order valence-corrected chi connectivity index (χ2v) is 17.2. The van der Waals surface area contributed by atoms with Crippen molar-refractivity contribution in [3.05, 3.63) is 237 Å². The number of hydrogen-bond donors (Lipinski definition) is 0. The molecular weight excluding hydrogens is 827 g/mol. The molecule has 0 amide bonds. The standard InChI is InChI=1S/C63H39N5/c1-3-15-40(16-4-1)45-32-34-55(65-39-45)58-38-46(37-57(66-58)42-28-26-41(27-29-42)53-24-13-14-36-64-53)60-47-19-7-9-21-49(47)61(50-22-10-8-20-48(50)60)56-35-31-44-30-33-52-59(43-17-5-2-6-18-43)51-23-11-12-25-54(51)67-63(52)62(44)68-56/h1-39H. The summed E-state index contributed by atoms with van der Waals surface area (Å²) in [6.07, 6.45) is 3.77. The lowest BCUT2D eigenvalue weighted by atomic mass is 9.86. The van der Waals surface area contributed by atoms with Gasteiger partial charge in [0.2, 0.25) is 0 Å². The average Bonchev–Trinajstić information content (AvgIpc) is 3.42. The molecule has 0 fully saturated rings. The van der Waals surface area contributed by atoms with Gasteiger partial charge in [-0.3, -0.25) is 9.97 Å². The second-order valence-electron chi connectivity index (χ2n) is 17.2. The number of pyridine rings is 5. The van der Waals surface area contributed by atoms with Gasteiger partial charge in [0.25, 0.3) is 0 Å². The zero-order valence-electron chi connectivity index (χ0n) is 36.8. The van der Waals surface area contributed by atoms with Crippen molar-refractivity contribution in [1.29, 1.82) is 0 Å². The summed E-state index contributed by atoms with van der Waals surface area (Å²) in [4.78, 5) is 25.9. The first kappa shape index (κ1) is 39.2. The molecule has 13 aromatic rings. The third-order valence-electron chi connectivity index (χ3n) is 13.1. The number of rotatable bonds is 7. The fourth-order valence-corrected chi connectivity index (χ4v) is 9.95. The number of fused-ring (bicyclic) bond motifs is 6. The Morgan fingerprint density at radius 3 is 1.49 bits per heavy atom. The zero-order chi connectivity index (χ0) is 45.0. The average molecular weight is 866 g/mol. The normalized spacial score (nSPS) is 11.5. The molecular formula is C63H39N5. The molecule has 0 unspecified atom stereocenters. The van der Waals surface area contributed by atoms with Crippen molar-refractivity contribution in [2.45, 2.75) is 0 Å². The van der Waals surface area contributed by atoms with Crippen LogP contribution in [0.1, 0.15) is 0 Å². The lowest BCUT2D eigenvalue weighted by Gasteiger charge is -2.19. The maximum Gasteiger partial charge on any atom is 0.0978 e. The molecule has 5 heteroatoms. The summed E-state index contributed by atoms with van der Waals surface area (Å²) in [5, 5.41) is 7.72. The van der Waals surface area contributed by atoms with Crippen molar-refractivity contribution in [3.8, 4) is 78.5 Å². The molecule has 5 nitrogen and oxygen atoms in total. The molecule has 0 atom stereocenters. The van der Waals surface area contributed by atoms with E-state index < -0.39 is 0 Å². The molecule has 68 heavy (non-hydrogen) atoms. The van der Waals surface area contributed by atoms with E-state index in [0.29, 0.717) is 0 Å². The summed E-state index contributed by atoms with van der Waals surface area (Å²) in [7, 11) is 0. The van der Waals surface area contributed by atoms with Crippen LogP contribution in [-0.4, -0.2) is 24.9 Å². The zero-order valence-corrected chi connectivity index (χ0v) is 36.8. The summed E-state index contributed by atoms with van der Waals surface area (Å²) >= 11 is 0. The van der Waals surface area contributed by atoms with Crippen LogP contribution in [0.5, 0.6) is 0 Å². The Bertz CT molecular complexity index is 3880. The molecule has 0 aliphatic heterocycles. The van der Waals surface area contributed by atoms with Gasteiger partial charge in [0.15, 0.2) is 0 Å². The van der Waals surface area contributed by atoms with Gasteiger partial charge in [0.1, 0.15) is 0 Å². The lowest BCUT2D eigenvalue weighted by Crippen LogP contribution is -1.96. The van der Waals surface area contributed by atoms with Crippen LogP contribution in [-0.2, 0) is 0 Å². The smallest absolute Gasteiger partial charge is 0.0978 e. The Morgan fingerprint density at radius 2 is 0.809 bits per heavy atom. The van der Waals surface area contributed by atoms with Gasteiger partial charge in [-0.15, -0.1) is 0 Å². The van der Waals surface area contributed by atoms with Gasteiger partial charge in [-0.1, -0.05) is 182 Å². The van der Waals surface area contributed by atoms with Crippen LogP contribution >= 0.6 is 0 Å². The number of aromatic nitrogens is 5.